The summed E-state index contributed by atoms with van der Waals surface area (Å²) >= 11 is 7.83. The third kappa shape index (κ3) is 3.05. The first-order valence-corrected chi connectivity index (χ1v) is 10.1. The van der Waals surface area contributed by atoms with Gasteiger partial charge in [0.1, 0.15) is 5.78 Å². The molecule has 4 rings (SSSR count). The maximum atomic E-state index is 13.1. The van der Waals surface area contributed by atoms with E-state index in [9.17, 15) is 4.79 Å². The summed E-state index contributed by atoms with van der Waals surface area (Å²) in [5.41, 5.74) is 1.73. The summed E-state index contributed by atoms with van der Waals surface area (Å²) in [7, 11) is 0. The minimum Gasteiger partial charge on any atom is -0.328 e. The van der Waals surface area contributed by atoms with Crippen molar-refractivity contribution in [3.05, 3.63) is 46.6 Å². The molecule has 0 unspecified atom stereocenters. The van der Waals surface area contributed by atoms with E-state index in [-0.39, 0.29) is 23.2 Å². The second-order valence-corrected chi connectivity index (χ2v) is 9.10. The van der Waals surface area contributed by atoms with Crippen LogP contribution in [0.4, 0.5) is 5.95 Å². The largest absolute Gasteiger partial charge is 0.328 e. The monoisotopic (exact) mass is 388 g/mol. The zero-order chi connectivity index (χ0) is 18.5. The van der Waals surface area contributed by atoms with E-state index < -0.39 is 0 Å². The Morgan fingerprint density at radius 3 is 2.96 bits per heavy atom. The van der Waals surface area contributed by atoms with E-state index in [2.05, 4.69) is 42.2 Å². The lowest BCUT2D eigenvalue weighted by Gasteiger charge is -2.40. The molecule has 2 aliphatic rings. The Balaban J connectivity index is 1.90. The molecule has 1 aromatic carbocycles. The van der Waals surface area contributed by atoms with Gasteiger partial charge in [-0.25, -0.2) is 4.68 Å². The summed E-state index contributed by atoms with van der Waals surface area (Å²) in [5, 5.41) is 9.40. The fourth-order valence-corrected chi connectivity index (χ4v) is 4.58. The van der Waals surface area contributed by atoms with E-state index in [1.807, 2.05) is 28.9 Å². The van der Waals surface area contributed by atoms with Crippen LogP contribution in [0.5, 0.6) is 0 Å². The van der Waals surface area contributed by atoms with Gasteiger partial charge in [-0.2, -0.15) is 4.98 Å². The van der Waals surface area contributed by atoms with Gasteiger partial charge in [0.05, 0.1) is 12.0 Å². The quantitative estimate of drug-likeness (QED) is 0.781. The van der Waals surface area contributed by atoms with E-state index in [4.69, 9.17) is 11.6 Å². The summed E-state index contributed by atoms with van der Waals surface area (Å²) < 4.78 is 1.85. The molecule has 7 heteroatoms. The lowest BCUT2D eigenvalue weighted by atomic mass is 9.72. The number of ketones is 1. The maximum absolute atomic E-state index is 13.1. The van der Waals surface area contributed by atoms with Crippen LogP contribution in [-0.2, 0) is 4.79 Å². The molecular weight excluding hydrogens is 368 g/mol. The van der Waals surface area contributed by atoms with E-state index in [0.717, 1.165) is 17.0 Å². The summed E-state index contributed by atoms with van der Waals surface area (Å²) in [6, 6.07) is 7.44. The topological polar surface area (TPSA) is 59.8 Å². The first-order chi connectivity index (χ1) is 12.4. The van der Waals surface area contributed by atoms with Gasteiger partial charge in [0, 0.05) is 17.1 Å². The molecule has 136 valence electrons. The Bertz CT molecular complexity index is 905. The average Bonchev–Trinajstić information content (AvgIpc) is 2.94. The SMILES string of the molecule is CCSc1nc2n(n1)[C@@H](c1cccc(Cl)c1)[C@@H]1C(=O)CC(C)(C)C=C1N2. The van der Waals surface area contributed by atoms with Gasteiger partial charge in [0.25, 0.3) is 0 Å². The molecule has 2 atom stereocenters. The second-order valence-electron chi connectivity index (χ2n) is 7.43. The van der Waals surface area contributed by atoms with Crippen LogP contribution in [0, 0.1) is 11.3 Å². The molecule has 0 amide bonds. The highest BCUT2D eigenvalue weighted by Gasteiger charge is 2.45. The number of fused-ring (bicyclic) bond motifs is 2. The predicted molar refractivity (Wildman–Crippen MR) is 105 cm³/mol. The molecule has 1 N–H and O–H groups in total. The van der Waals surface area contributed by atoms with Crippen molar-refractivity contribution in [2.75, 3.05) is 11.1 Å². The number of rotatable bonds is 3. The number of nitrogens with zero attached hydrogens (tertiary/aromatic N) is 3. The number of Topliss-reactive ketones (excluding diaryl/α,β-unsaturated/α-hetero) is 1. The van der Waals surface area contributed by atoms with Crippen LogP contribution in [0.25, 0.3) is 0 Å². The van der Waals surface area contributed by atoms with Gasteiger partial charge in [-0.15, -0.1) is 5.10 Å². The Kier molecular flexibility index (Phi) is 4.35. The summed E-state index contributed by atoms with van der Waals surface area (Å²) in [4.78, 5) is 17.7. The fourth-order valence-electron chi connectivity index (χ4n) is 3.82. The molecule has 1 aromatic heterocycles. The number of halogens is 1. The van der Waals surface area contributed by atoms with Crippen LogP contribution in [0.15, 0.2) is 41.2 Å². The lowest BCUT2D eigenvalue weighted by Crippen LogP contribution is -2.42. The molecule has 0 saturated heterocycles. The van der Waals surface area contributed by atoms with Crippen LogP contribution in [0.1, 0.15) is 38.8 Å². The molecule has 0 radical (unpaired) electrons. The third-order valence-corrected chi connectivity index (χ3v) is 5.72. The Morgan fingerprint density at radius 2 is 2.23 bits per heavy atom. The van der Waals surface area contributed by atoms with Gasteiger partial charge in [0.2, 0.25) is 11.1 Å². The van der Waals surface area contributed by atoms with Crippen LogP contribution < -0.4 is 5.32 Å². The summed E-state index contributed by atoms with van der Waals surface area (Å²) in [6.45, 7) is 6.24. The number of aromatic nitrogens is 3. The van der Waals surface area contributed by atoms with Gasteiger partial charge in [0.15, 0.2) is 0 Å². The van der Waals surface area contributed by atoms with Crippen molar-refractivity contribution in [1.82, 2.24) is 14.8 Å². The van der Waals surface area contributed by atoms with Crippen molar-refractivity contribution in [1.29, 1.82) is 0 Å². The molecule has 1 aliphatic heterocycles. The molecule has 0 fully saturated rings. The Labute approximate surface area is 162 Å². The zero-order valence-electron chi connectivity index (χ0n) is 15.0. The fraction of sp³-hybridized carbons (Fsp3) is 0.421. The van der Waals surface area contributed by atoms with Gasteiger partial charge in [-0.05, 0) is 28.9 Å². The molecule has 0 spiro atoms. The Morgan fingerprint density at radius 1 is 1.42 bits per heavy atom. The van der Waals surface area contributed by atoms with Crippen molar-refractivity contribution in [3.63, 3.8) is 0 Å². The molecular formula is C19H21ClN4OS. The van der Waals surface area contributed by atoms with E-state index >= 15 is 0 Å². The number of hydrogen-bond acceptors (Lipinski definition) is 5. The Hall–Kier alpha value is -1.79. The van der Waals surface area contributed by atoms with Gasteiger partial charge >= 0.3 is 0 Å². The number of anilines is 1. The van der Waals surface area contributed by atoms with Gasteiger partial charge in [-0.3, -0.25) is 4.79 Å². The summed E-state index contributed by atoms with van der Waals surface area (Å²) in [6.07, 6.45) is 2.68. The summed E-state index contributed by atoms with van der Waals surface area (Å²) in [5.74, 6) is 1.49. The van der Waals surface area contributed by atoms with Crippen molar-refractivity contribution >= 4 is 35.1 Å². The first kappa shape index (κ1) is 17.6. The average molecular weight is 389 g/mol. The number of nitrogens with one attached hydrogen (secondary N) is 1. The normalized spacial score (nSPS) is 23.7. The molecule has 1 aliphatic carbocycles. The second kappa shape index (κ2) is 6.43. The molecule has 0 bridgehead atoms. The molecule has 2 aromatic rings. The number of benzene rings is 1. The number of allylic oxidation sites excluding steroid dienone is 2. The lowest BCUT2D eigenvalue weighted by molar-refractivity contribution is -0.125. The number of thioether (sulfide) groups is 1. The molecule has 5 nitrogen and oxygen atoms in total. The number of hydrogen-bond donors (Lipinski definition) is 1. The predicted octanol–water partition coefficient (Wildman–Crippen LogP) is 4.56. The van der Waals surface area contributed by atoms with Gasteiger partial charge < -0.3 is 5.32 Å². The van der Waals surface area contributed by atoms with Crippen LogP contribution in [0.2, 0.25) is 5.02 Å². The third-order valence-electron chi connectivity index (χ3n) is 4.77. The van der Waals surface area contributed by atoms with Gasteiger partial charge in [-0.1, -0.05) is 62.3 Å². The van der Waals surface area contributed by atoms with Crippen molar-refractivity contribution in [3.8, 4) is 0 Å². The first-order valence-electron chi connectivity index (χ1n) is 8.75. The van der Waals surface area contributed by atoms with Crippen molar-refractivity contribution in [2.45, 2.75) is 38.4 Å². The van der Waals surface area contributed by atoms with Crippen LogP contribution >= 0.6 is 23.4 Å². The highest BCUT2D eigenvalue weighted by Crippen LogP contribution is 2.45. The van der Waals surface area contributed by atoms with E-state index in [0.29, 0.717) is 22.5 Å². The molecule has 26 heavy (non-hydrogen) atoms. The minimum absolute atomic E-state index is 0.169. The minimum atomic E-state index is -0.296. The van der Waals surface area contributed by atoms with E-state index in [1.54, 1.807) is 11.8 Å². The van der Waals surface area contributed by atoms with E-state index in [1.165, 1.54) is 0 Å². The molecule has 0 saturated carbocycles. The maximum Gasteiger partial charge on any atom is 0.227 e. The highest BCUT2D eigenvalue weighted by molar-refractivity contribution is 7.99. The van der Waals surface area contributed by atoms with Crippen molar-refractivity contribution < 1.29 is 4.79 Å². The smallest absolute Gasteiger partial charge is 0.227 e. The molecule has 2 heterocycles. The highest BCUT2D eigenvalue weighted by atomic mass is 35.5. The van der Waals surface area contributed by atoms with Crippen LogP contribution in [0.3, 0.4) is 0 Å². The number of carbonyl (C=O) groups is 1. The van der Waals surface area contributed by atoms with Crippen molar-refractivity contribution in [2.24, 2.45) is 11.3 Å². The zero-order valence-corrected chi connectivity index (χ0v) is 16.6. The standard InChI is InChI=1S/C19H21ClN4OS/c1-4-26-18-22-17-21-13-9-19(2,3)10-14(25)15(13)16(24(17)23-18)11-6-5-7-12(20)8-11/h5-9,15-16H,4,10H2,1-3H3,(H,21,22,23)/t15-,16-/m0/s1. The number of carbonyl (C=O) groups excluding carboxylic acids is 1. The van der Waals surface area contributed by atoms with Crippen LogP contribution in [-0.4, -0.2) is 26.3 Å².